The van der Waals surface area contributed by atoms with Crippen LogP contribution < -0.4 is 4.74 Å². The summed E-state index contributed by atoms with van der Waals surface area (Å²) in [5.41, 5.74) is 4.91. The number of aromatic nitrogens is 1. The molecular weight excluding hydrogens is 198 g/mol. The molecule has 0 bridgehead atoms. The zero-order valence-corrected chi connectivity index (χ0v) is 9.71. The molecule has 1 aliphatic heterocycles. The molecule has 0 unspecified atom stereocenters. The molecule has 2 aromatic rings. The van der Waals surface area contributed by atoms with Crippen molar-refractivity contribution in [2.24, 2.45) is 0 Å². The van der Waals surface area contributed by atoms with Crippen molar-refractivity contribution >= 4 is 10.9 Å². The van der Waals surface area contributed by atoms with Crippen LogP contribution in [0, 0.1) is 13.8 Å². The topological polar surface area (TPSA) is 22.1 Å². The van der Waals surface area contributed by atoms with Crippen LogP contribution in [0.5, 0.6) is 5.88 Å². The molecule has 2 heterocycles. The summed E-state index contributed by atoms with van der Waals surface area (Å²) < 4.78 is 5.59. The molecule has 0 aliphatic carbocycles. The molecular formula is C14H15NO. The number of nitrogens with zero attached hydrogens (tertiary/aromatic N) is 1. The summed E-state index contributed by atoms with van der Waals surface area (Å²) in [6, 6.07) is 6.58. The fourth-order valence-electron chi connectivity index (χ4n) is 2.20. The number of aryl methyl sites for hydroxylation is 3. The van der Waals surface area contributed by atoms with Crippen molar-refractivity contribution in [3.05, 3.63) is 34.9 Å². The van der Waals surface area contributed by atoms with Crippen LogP contribution >= 0.6 is 0 Å². The minimum absolute atomic E-state index is 0.802. The van der Waals surface area contributed by atoms with Gasteiger partial charge in [-0.2, -0.15) is 0 Å². The molecule has 2 nitrogen and oxygen atoms in total. The molecule has 0 atom stereocenters. The first kappa shape index (κ1) is 9.64. The number of rotatable bonds is 0. The second kappa shape index (κ2) is 3.48. The average Bonchev–Trinajstić information content (AvgIpc) is 2.28. The number of ether oxygens (including phenoxy) is 1. The Kier molecular flexibility index (Phi) is 2.10. The lowest BCUT2D eigenvalue weighted by atomic mass is 10.0. The van der Waals surface area contributed by atoms with E-state index in [1.54, 1.807) is 0 Å². The lowest BCUT2D eigenvalue weighted by molar-refractivity contribution is 0.277. The first-order valence-corrected chi connectivity index (χ1v) is 5.78. The van der Waals surface area contributed by atoms with Gasteiger partial charge < -0.3 is 4.74 Å². The second-order valence-corrected chi connectivity index (χ2v) is 4.53. The predicted octanol–water partition coefficient (Wildman–Crippen LogP) is 3.18. The lowest BCUT2D eigenvalue weighted by Gasteiger charge is -2.17. The minimum atomic E-state index is 0.802. The van der Waals surface area contributed by atoms with Crippen molar-refractivity contribution < 1.29 is 4.74 Å². The van der Waals surface area contributed by atoms with Gasteiger partial charge in [0.25, 0.3) is 0 Å². The highest BCUT2D eigenvalue weighted by atomic mass is 16.5. The molecule has 0 saturated heterocycles. The summed E-state index contributed by atoms with van der Waals surface area (Å²) in [5, 5.41) is 1.23. The standard InChI is InChI=1S/C14H15NO/c1-9-6-12-8-11-4-3-5-16-14(11)15-13(12)7-10(9)2/h6-8H,3-5H2,1-2H3. The molecule has 1 aliphatic rings. The molecule has 0 saturated carbocycles. The van der Waals surface area contributed by atoms with Gasteiger partial charge in [-0.3, -0.25) is 0 Å². The number of hydrogen-bond acceptors (Lipinski definition) is 2. The Bertz CT molecular complexity index is 510. The van der Waals surface area contributed by atoms with Crippen LogP contribution in [-0.2, 0) is 6.42 Å². The van der Waals surface area contributed by atoms with Crippen molar-refractivity contribution in [1.29, 1.82) is 0 Å². The maximum absolute atomic E-state index is 5.59. The van der Waals surface area contributed by atoms with Crippen LogP contribution in [-0.4, -0.2) is 11.6 Å². The highest BCUT2D eigenvalue weighted by molar-refractivity contribution is 5.82. The largest absolute Gasteiger partial charge is 0.477 e. The number of fused-ring (bicyclic) bond motifs is 2. The van der Waals surface area contributed by atoms with E-state index in [1.165, 1.54) is 22.1 Å². The van der Waals surface area contributed by atoms with Gasteiger partial charge in [0.2, 0.25) is 5.88 Å². The number of benzene rings is 1. The Morgan fingerprint density at radius 3 is 2.81 bits per heavy atom. The molecule has 3 rings (SSSR count). The van der Waals surface area contributed by atoms with Gasteiger partial charge in [-0.1, -0.05) is 0 Å². The number of hydrogen-bond donors (Lipinski definition) is 0. The Hall–Kier alpha value is -1.57. The van der Waals surface area contributed by atoms with E-state index < -0.39 is 0 Å². The highest BCUT2D eigenvalue weighted by Gasteiger charge is 2.13. The summed E-state index contributed by atoms with van der Waals surface area (Å²) in [5.74, 6) is 0.835. The molecule has 0 fully saturated rings. The van der Waals surface area contributed by atoms with Gasteiger partial charge in [-0.25, -0.2) is 4.98 Å². The highest BCUT2D eigenvalue weighted by Crippen LogP contribution is 2.27. The second-order valence-electron chi connectivity index (χ2n) is 4.53. The third-order valence-electron chi connectivity index (χ3n) is 3.30. The number of pyridine rings is 1. The quantitative estimate of drug-likeness (QED) is 0.670. The van der Waals surface area contributed by atoms with Gasteiger partial charge in [-0.15, -0.1) is 0 Å². The Morgan fingerprint density at radius 2 is 1.94 bits per heavy atom. The van der Waals surface area contributed by atoms with Gasteiger partial charge in [0.1, 0.15) is 0 Å². The van der Waals surface area contributed by atoms with Crippen LogP contribution in [0.4, 0.5) is 0 Å². The smallest absolute Gasteiger partial charge is 0.217 e. The summed E-state index contributed by atoms with van der Waals surface area (Å²) in [4.78, 5) is 4.60. The Labute approximate surface area is 95.3 Å². The van der Waals surface area contributed by atoms with Crippen LogP contribution in [0.25, 0.3) is 10.9 Å². The molecule has 0 amide bonds. The third-order valence-corrected chi connectivity index (χ3v) is 3.30. The van der Waals surface area contributed by atoms with Crippen molar-refractivity contribution in [2.75, 3.05) is 6.61 Å². The van der Waals surface area contributed by atoms with Crippen molar-refractivity contribution in [1.82, 2.24) is 4.98 Å². The fraction of sp³-hybridized carbons (Fsp3) is 0.357. The van der Waals surface area contributed by atoms with E-state index in [4.69, 9.17) is 4.74 Å². The van der Waals surface area contributed by atoms with Gasteiger partial charge in [0.05, 0.1) is 12.1 Å². The summed E-state index contributed by atoms with van der Waals surface area (Å²) in [7, 11) is 0. The predicted molar refractivity (Wildman–Crippen MR) is 65.0 cm³/mol. The fourth-order valence-corrected chi connectivity index (χ4v) is 2.20. The van der Waals surface area contributed by atoms with Crippen LogP contribution in [0.3, 0.4) is 0 Å². The molecule has 0 N–H and O–H groups in total. The van der Waals surface area contributed by atoms with E-state index in [2.05, 4.69) is 37.0 Å². The van der Waals surface area contributed by atoms with E-state index >= 15 is 0 Å². The zero-order valence-electron chi connectivity index (χ0n) is 9.71. The van der Waals surface area contributed by atoms with Crippen molar-refractivity contribution in [3.63, 3.8) is 0 Å². The van der Waals surface area contributed by atoms with Gasteiger partial charge >= 0.3 is 0 Å². The molecule has 0 radical (unpaired) electrons. The normalized spacial score (nSPS) is 14.6. The Balaban J connectivity index is 2.27. The van der Waals surface area contributed by atoms with Gasteiger partial charge in [-0.05, 0) is 56.0 Å². The summed E-state index contributed by atoms with van der Waals surface area (Å²) >= 11 is 0. The summed E-state index contributed by atoms with van der Waals surface area (Å²) in [6.45, 7) is 5.07. The van der Waals surface area contributed by atoms with E-state index in [1.807, 2.05) is 0 Å². The molecule has 2 heteroatoms. The zero-order chi connectivity index (χ0) is 11.1. The van der Waals surface area contributed by atoms with Crippen molar-refractivity contribution in [2.45, 2.75) is 26.7 Å². The van der Waals surface area contributed by atoms with Crippen LogP contribution in [0.2, 0.25) is 0 Å². The van der Waals surface area contributed by atoms with Gasteiger partial charge in [0.15, 0.2) is 0 Å². The molecule has 0 spiro atoms. The average molecular weight is 213 g/mol. The van der Waals surface area contributed by atoms with E-state index in [-0.39, 0.29) is 0 Å². The van der Waals surface area contributed by atoms with Crippen LogP contribution in [0.15, 0.2) is 18.2 Å². The SMILES string of the molecule is Cc1cc2cc3c(nc2cc1C)OCCC3. The molecule has 16 heavy (non-hydrogen) atoms. The lowest BCUT2D eigenvalue weighted by Crippen LogP contribution is -2.09. The van der Waals surface area contributed by atoms with E-state index in [0.717, 1.165) is 30.8 Å². The third kappa shape index (κ3) is 1.45. The van der Waals surface area contributed by atoms with Crippen LogP contribution in [0.1, 0.15) is 23.1 Å². The van der Waals surface area contributed by atoms with E-state index in [0.29, 0.717) is 0 Å². The van der Waals surface area contributed by atoms with E-state index in [9.17, 15) is 0 Å². The maximum atomic E-state index is 5.59. The first-order chi connectivity index (χ1) is 7.74. The molecule has 1 aromatic carbocycles. The monoisotopic (exact) mass is 213 g/mol. The van der Waals surface area contributed by atoms with Gasteiger partial charge in [0, 0.05) is 10.9 Å². The first-order valence-electron chi connectivity index (χ1n) is 5.78. The van der Waals surface area contributed by atoms with Crippen molar-refractivity contribution in [3.8, 4) is 5.88 Å². The molecule has 1 aromatic heterocycles. The summed E-state index contributed by atoms with van der Waals surface area (Å²) in [6.07, 6.45) is 2.19. The Morgan fingerprint density at radius 1 is 1.12 bits per heavy atom. The maximum Gasteiger partial charge on any atom is 0.217 e. The minimum Gasteiger partial charge on any atom is -0.477 e. The molecule has 82 valence electrons.